The molecular weight excluding hydrogens is 216 g/mol. The minimum atomic E-state index is 0.453. The molecule has 1 heterocycles. The molecular formula is C12H14N4O. The molecule has 2 rings (SSSR count). The Morgan fingerprint density at radius 2 is 2.35 bits per heavy atom. The lowest BCUT2D eigenvalue weighted by Gasteiger charge is -2.15. The van der Waals surface area contributed by atoms with Crippen LogP contribution in [0.4, 0.5) is 11.7 Å². The molecule has 0 aliphatic rings. The van der Waals surface area contributed by atoms with Gasteiger partial charge in [-0.25, -0.2) is 0 Å². The van der Waals surface area contributed by atoms with Crippen LogP contribution in [0.2, 0.25) is 0 Å². The van der Waals surface area contributed by atoms with Crippen molar-refractivity contribution in [3.8, 4) is 6.07 Å². The number of rotatable bonds is 4. The van der Waals surface area contributed by atoms with Crippen LogP contribution in [0.5, 0.6) is 0 Å². The monoisotopic (exact) mass is 230 g/mol. The van der Waals surface area contributed by atoms with Crippen molar-refractivity contribution in [2.45, 2.75) is 13.3 Å². The molecule has 0 saturated carbocycles. The number of hydrogen-bond acceptors (Lipinski definition) is 5. The molecule has 0 fully saturated rings. The number of nitrogen functional groups attached to an aromatic ring is 1. The van der Waals surface area contributed by atoms with Crippen molar-refractivity contribution < 1.29 is 4.42 Å². The predicted molar refractivity (Wildman–Crippen MR) is 66.5 cm³/mol. The van der Waals surface area contributed by atoms with E-state index in [1.807, 2.05) is 17.9 Å². The molecule has 1 aromatic carbocycles. The first-order valence-electron chi connectivity index (χ1n) is 5.52. The average molecular weight is 230 g/mol. The van der Waals surface area contributed by atoms with Gasteiger partial charge in [-0.2, -0.15) is 10.2 Å². The molecule has 0 spiro atoms. The molecule has 5 heteroatoms. The van der Waals surface area contributed by atoms with Crippen molar-refractivity contribution in [1.29, 1.82) is 5.26 Å². The van der Waals surface area contributed by atoms with Crippen LogP contribution in [0.1, 0.15) is 13.3 Å². The van der Waals surface area contributed by atoms with Crippen LogP contribution in [-0.2, 0) is 0 Å². The number of fused-ring (bicyclic) bond motifs is 1. The summed E-state index contributed by atoms with van der Waals surface area (Å²) in [6.07, 6.45) is 0.453. The molecule has 0 atom stereocenters. The van der Waals surface area contributed by atoms with Gasteiger partial charge >= 0.3 is 0 Å². The number of benzene rings is 1. The number of nitriles is 1. The van der Waals surface area contributed by atoms with Crippen molar-refractivity contribution in [2.24, 2.45) is 0 Å². The Morgan fingerprint density at radius 1 is 1.53 bits per heavy atom. The minimum absolute atomic E-state index is 0.453. The molecule has 0 amide bonds. The van der Waals surface area contributed by atoms with E-state index < -0.39 is 0 Å². The lowest BCUT2D eigenvalue weighted by atomic mass is 10.3. The largest absolute Gasteiger partial charge is 0.423 e. The van der Waals surface area contributed by atoms with Gasteiger partial charge in [0, 0.05) is 24.8 Å². The van der Waals surface area contributed by atoms with Crippen LogP contribution in [0, 0.1) is 11.3 Å². The summed E-state index contributed by atoms with van der Waals surface area (Å²) in [4.78, 5) is 6.30. The molecule has 0 aliphatic carbocycles. The summed E-state index contributed by atoms with van der Waals surface area (Å²) in [5.74, 6) is 0. The van der Waals surface area contributed by atoms with Gasteiger partial charge in [0.05, 0.1) is 12.5 Å². The Labute approximate surface area is 99.4 Å². The number of nitrogens with two attached hydrogens (primary N) is 1. The second-order valence-corrected chi connectivity index (χ2v) is 3.71. The molecule has 2 aromatic rings. The van der Waals surface area contributed by atoms with E-state index in [9.17, 15) is 0 Å². The normalized spacial score (nSPS) is 10.4. The lowest BCUT2D eigenvalue weighted by molar-refractivity contribution is 0.572. The highest BCUT2D eigenvalue weighted by molar-refractivity contribution is 5.78. The Bertz CT molecular complexity index is 555. The van der Waals surface area contributed by atoms with Crippen molar-refractivity contribution >= 4 is 22.8 Å². The number of oxazole rings is 1. The van der Waals surface area contributed by atoms with Gasteiger partial charge in [0.2, 0.25) is 0 Å². The maximum Gasteiger partial charge on any atom is 0.298 e. The summed E-state index contributed by atoms with van der Waals surface area (Å²) in [5.41, 5.74) is 7.79. The van der Waals surface area contributed by atoms with E-state index in [4.69, 9.17) is 15.4 Å². The van der Waals surface area contributed by atoms with Gasteiger partial charge < -0.3 is 15.1 Å². The van der Waals surface area contributed by atoms with Crippen LogP contribution < -0.4 is 10.6 Å². The van der Waals surface area contributed by atoms with Crippen molar-refractivity contribution in [3.05, 3.63) is 18.2 Å². The summed E-state index contributed by atoms with van der Waals surface area (Å²) in [5, 5.41) is 8.59. The van der Waals surface area contributed by atoms with Gasteiger partial charge in [0.25, 0.3) is 6.01 Å². The Kier molecular flexibility index (Phi) is 3.15. The van der Waals surface area contributed by atoms with Gasteiger partial charge in [0.15, 0.2) is 5.58 Å². The van der Waals surface area contributed by atoms with Gasteiger partial charge in [-0.15, -0.1) is 0 Å². The zero-order valence-corrected chi connectivity index (χ0v) is 9.68. The minimum Gasteiger partial charge on any atom is -0.423 e. The molecule has 0 unspecified atom stereocenters. The molecule has 0 aliphatic heterocycles. The molecule has 5 nitrogen and oxygen atoms in total. The molecule has 1 aromatic heterocycles. The first-order valence-corrected chi connectivity index (χ1v) is 5.52. The maximum absolute atomic E-state index is 8.59. The Morgan fingerprint density at radius 3 is 3.06 bits per heavy atom. The number of anilines is 2. The molecule has 88 valence electrons. The van der Waals surface area contributed by atoms with Crippen LogP contribution in [-0.4, -0.2) is 18.1 Å². The predicted octanol–water partition coefficient (Wildman–Crippen LogP) is 2.15. The summed E-state index contributed by atoms with van der Waals surface area (Å²) in [7, 11) is 0. The van der Waals surface area contributed by atoms with E-state index in [0.717, 1.165) is 12.1 Å². The van der Waals surface area contributed by atoms with Crippen molar-refractivity contribution in [3.63, 3.8) is 0 Å². The van der Waals surface area contributed by atoms with E-state index in [1.54, 1.807) is 12.1 Å². The lowest BCUT2D eigenvalue weighted by Crippen LogP contribution is -2.23. The van der Waals surface area contributed by atoms with Crippen LogP contribution in [0.15, 0.2) is 22.6 Å². The summed E-state index contributed by atoms with van der Waals surface area (Å²) >= 11 is 0. The third-order valence-electron chi connectivity index (χ3n) is 2.55. The van der Waals surface area contributed by atoms with Crippen molar-refractivity contribution in [1.82, 2.24) is 4.98 Å². The van der Waals surface area contributed by atoms with Gasteiger partial charge in [-0.05, 0) is 19.1 Å². The van der Waals surface area contributed by atoms with Gasteiger partial charge in [0.1, 0.15) is 5.52 Å². The first kappa shape index (κ1) is 11.3. The standard InChI is InChI=1S/C12H14N4O/c1-2-16(7-3-6-13)12-15-10-5-4-9(14)8-11(10)17-12/h4-5,8H,2-3,7,14H2,1H3. The number of aromatic nitrogens is 1. The quantitative estimate of drug-likeness (QED) is 0.814. The van der Waals surface area contributed by atoms with Crippen LogP contribution >= 0.6 is 0 Å². The SMILES string of the molecule is CCN(CCC#N)c1nc2ccc(N)cc2o1. The fourth-order valence-corrected chi connectivity index (χ4v) is 1.64. The summed E-state index contributed by atoms with van der Waals surface area (Å²) in [6, 6.07) is 8.03. The topological polar surface area (TPSA) is 79.1 Å². The highest BCUT2D eigenvalue weighted by Crippen LogP contribution is 2.23. The second-order valence-electron chi connectivity index (χ2n) is 3.71. The average Bonchev–Trinajstić information content (AvgIpc) is 2.72. The fraction of sp³-hybridized carbons (Fsp3) is 0.333. The highest BCUT2D eigenvalue weighted by atomic mass is 16.4. The van der Waals surface area contributed by atoms with Crippen LogP contribution in [0.25, 0.3) is 11.1 Å². The van der Waals surface area contributed by atoms with Gasteiger partial charge in [-0.1, -0.05) is 0 Å². The van der Waals surface area contributed by atoms with Crippen LogP contribution in [0.3, 0.4) is 0 Å². The second kappa shape index (κ2) is 4.74. The molecule has 17 heavy (non-hydrogen) atoms. The molecule has 0 radical (unpaired) electrons. The summed E-state index contributed by atoms with van der Waals surface area (Å²) < 4.78 is 5.62. The van der Waals surface area contributed by atoms with E-state index in [0.29, 0.717) is 30.3 Å². The third-order valence-corrected chi connectivity index (χ3v) is 2.55. The Balaban J connectivity index is 2.31. The van der Waals surface area contributed by atoms with E-state index in [1.165, 1.54) is 0 Å². The zero-order chi connectivity index (χ0) is 12.3. The van der Waals surface area contributed by atoms with E-state index >= 15 is 0 Å². The van der Waals surface area contributed by atoms with Crippen molar-refractivity contribution in [2.75, 3.05) is 23.7 Å². The summed E-state index contributed by atoms with van der Waals surface area (Å²) in [6.45, 7) is 3.37. The van der Waals surface area contributed by atoms with Gasteiger partial charge in [-0.3, -0.25) is 0 Å². The highest BCUT2D eigenvalue weighted by Gasteiger charge is 2.12. The molecule has 0 bridgehead atoms. The Hall–Kier alpha value is -2.22. The van der Waals surface area contributed by atoms with E-state index in [-0.39, 0.29) is 0 Å². The fourth-order valence-electron chi connectivity index (χ4n) is 1.64. The maximum atomic E-state index is 8.59. The zero-order valence-electron chi connectivity index (χ0n) is 9.68. The molecule has 0 saturated heterocycles. The third kappa shape index (κ3) is 2.31. The number of nitrogens with zero attached hydrogens (tertiary/aromatic N) is 3. The smallest absolute Gasteiger partial charge is 0.298 e. The first-order chi connectivity index (χ1) is 8.24. The van der Waals surface area contributed by atoms with E-state index in [2.05, 4.69) is 11.1 Å². The molecule has 2 N–H and O–H groups in total. The number of hydrogen-bond donors (Lipinski definition) is 1.